The molecular formula is C24H32N4OS. The molecular weight excluding hydrogens is 392 g/mol. The van der Waals surface area contributed by atoms with Gasteiger partial charge in [0.25, 0.3) is 0 Å². The number of thioether (sulfide) groups is 1. The molecule has 160 valence electrons. The number of hydrogen-bond acceptors (Lipinski definition) is 4. The van der Waals surface area contributed by atoms with Crippen molar-refractivity contribution >= 4 is 23.4 Å². The van der Waals surface area contributed by atoms with Crippen LogP contribution >= 0.6 is 11.8 Å². The maximum atomic E-state index is 12.4. The van der Waals surface area contributed by atoms with Crippen LogP contribution in [-0.2, 0) is 18.3 Å². The van der Waals surface area contributed by atoms with Crippen molar-refractivity contribution in [1.29, 1.82) is 0 Å². The highest BCUT2D eigenvalue weighted by Crippen LogP contribution is 2.60. The molecule has 30 heavy (non-hydrogen) atoms. The number of nitrogens with zero attached hydrogens (tertiary/aromatic N) is 3. The van der Waals surface area contributed by atoms with E-state index in [0.717, 1.165) is 40.8 Å². The fourth-order valence-corrected chi connectivity index (χ4v) is 7.34. The van der Waals surface area contributed by atoms with Crippen LogP contribution in [-0.4, -0.2) is 26.4 Å². The number of hydrogen-bond donors (Lipinski definition) is 1. The molecule has 1 aromatic heterocycles. The van der Waals surface area contributed by atoms with E-state index in [1.165, 1.54) is 61.4 Å². The van der Waals surface area contributed by atoms with Crippen molar-refractivity contribution in [2.75, 3.05) is 11.1 Å². The Bertz CT molecular complexity index is 931. The van der Waals surface area contributed by atoms with Crippen molar-refractivity contribution in [1.82, 2.24) is 14.8 Å². The van der Waals surface area contributed by atoms with Crippen LogP contribution in [0, 0.1) is 37.0 Å². The molecule has 4 fully saturated rings. The van der Waals surface area contributed by atoms with Gasteiger partial charge in [-0.05, 0) is 98.8 Å². The summed E-state index contributed by atoms with van der Waals surface area (Å²) in [6.07, 6.45) is 9.60. The third-order valence-corrected chi connectivity index (χ3v) is 8.77. The molecule has 0 unspecified atom stereocenters. The first-order valence-corrected chi connectivity index (χ1v) is 12.3. The van der Waals surface area contributed by atoms with E-state index < -0.39 is 0 Å². The van der Waals surface area contributed by atoms with Crippen LogP contribution < -0.4 is 5.32 Å². The monoisotopic (exact) mass is 424 g/mol. The minimum absolute atomic E-state index is 0.00566. The number of amides is 1. The maximum absolute atomic E-state index is 12.4. The van der Waals surface area contributed by atoms with Gasteiger partial charge < -0.3 is 9.88 Å². The minimum atomic E-state index is -0.00566. The molecule has 1 heterocycles. The van der Waals surface area contributed by atoms with Crippen molar-refractivity contribution in [3.8, 4) is 0 Å². The molecule has 0 spiro atoms. The van der Waals surface area contributed by atoms with Gasteiger partial charge in [-0.2, -0.15) is 0 Å². The predicted molar refractivity (Wildman–Crippen MR) is 121 cm³/mol. The second-order valence-electron chi connectivity index (χ2n) is 10.2. The first-order chi connectivity index (χ1) is 14.4. The van der Waals surface area contributed by atoms with Crippen LogP contribution in [0.25, 0.3) is 0 Å². The van der Waals surface area contributed by atoms with Gasteiger partial charge in [-0.3, -0.25) is 4.79 Å². The van der Waals surface area contributed by atoms with Gasteiger partial charge in [0.05, 0.1) is 5.75 Å². The van der Waals surface area contributed by atoms with Crippen LogP contribution in [0.4, 0.5) is 5.69 Å². The molecule has 0 aliphatic heterocycles. The predicted octanol–water partition coefficient (Wildman–Crippen LogP) is 4.92. The number of anilines is 1. The van der Waals surface area contributed by atoms with Gasteiger partial charge in [0.1, 0.15) is 5.82 Å². The topological polar surface area (TPSA) is 59.8 Å². The van der Waals surface area contributed by atoms with Crippen molar-refractivity contribution in [3.05, 3.63) is 35.2 Å². The fraction of sp³-hybridized carbons (Fsp3) is 0.625. The summed E-state index contributed by atoms with van der Waals surface area (Å²) in [4.78, 5) is 12.4. The van der Waals surface area contributed by atoms with Gasteiger partial charge in [0, 0.05) is 19.2 Å². The quantitative estimate of drug-likeness (QED) is 0.669. The SMILES string of the molecule is Cc1ccc(NC(=O)CSc2nnc(CC34CC5CC(CC(C5)C3)C4)n2C)cc1C. The fourth-order valence-electron chi connectivity index (χ4n) is 6.61. The number of aromatic nitrogens is 3. The number of nitrogens with one attached hydrogen (secondary N) is 1. The lowest BCUT2D eigenvalue weighted by molar-refractivity contribution is -0.113. The zero-order valence-electron chi connectivity index (χ0n) is 18.3. The average molecular weight is 425 g/mol. The van der Waals surface area contributed by atoms with Crippen molar-refractivity contribution in [2.24, 2.45) is 30.2 Å². The van der Waals surface area contributed by atoms with Crippen LogP contribution in [0.1, 0.15) is 55.5 Å². The summed E-state index contributed by atoms with van der Waals surface area (Å²) >= 11 is 1.47. The molecule has 4 aliphatic carbocycles. The first-order valence-electron chi connectivity index (χ1n) is 11.3. The standard InChI is InChI=1S/C24H32N4OS/c1-15-4-5-20(6-16(15)2)25-22(29)14-30-23-27-26-21(28(23)3)13-24-10-17-7-18(11-24)9-19(8-17)12-24/h4-6,17-19H,7-14H2,1-3H3,(H,25,29). The molecule has 1 N–H and O–H groups in total. The Balaban J connectivity index is 1.20. The molecule has 0 saturated heterocycles. The smallest absolute Gasteiger partial charge is 0.234 e. The van der Waals surface area contributed by atoms with E-state index in [1.54, 1.807) is 0 Å². The zero-order valence-corrected chi connectivity index (χ0v) is 19.1. The van der Waals surface area contributed by atoms with Gasteiger partial charge in [-0.25, -0.2) is 0 Å². The second-order valence-corrected chi connectivity index (χ2v) is 11.1. The van der Waals surface area contributed by atoms with E-state index >= 15 is 0 Å². The minimum Gasteiger partial charge on any atom is -0.325 e. The molecule has 6 rings (SSSR count). The Morgan fingerprint density at radius 2 is 1.77 bits per heavy atom. The summed E-state index contributed by atoms with van der Waals surface area (Å²) < 4.78 is 2.12. The molecule has 1 aromatic carbocycles. The highest BCUT2D eigenvalue weighted by Gasteiger charge is 2.51. The lowest BCUT2D eigenvalue weighted by Crippen LogP contribution is -2.47. The van der Waals surface area contributed by atoms with Crippen molar-refractivity contribution < 1.29 is 4.79 Å². The Morgan fingerprint density at radius 1 is 1.10 bits per heavy atom. The summed E-state index contributed by atoms with van der Waals surface area (Å²) in [7, 11) is 2.05. The number of benzene rings is 1. The summed E-state index contributed by atoms with van der Waals surface area (Å²) in [5, 5.41) is 12.8. The Kier molecular flexibility index (Phi) is 5.16. The van der Waals surface area contributed by atoms with Crippen LogP contribution in [0.3, 0.4) is 0 Å². The van der Waals surface area contributed by atoms with Gasteiger partial charge in [0.15, 0.2) is 5.16 Å². The Hall–Kier alpha value is -1.82. The van der Waals surface area contributed by atoms with E-state index in [9.17, 15) is 4.79 Å². The highest BCUT2D eigenvalue weighted by molar-refractivity contribution is 7.99. The molecule has 2 aromatic rings. The number of carbonyl (C=O) groups excluding carboxylic acids is 1. The summed E-state index contributed by atoms with van der Waals surface area (Å²) in [5.74, 6) is 4.28. The third kappa shape index (κ3) is 3.91. The summed E-state index contributed by atoms with van der Waals surface area (Å²) in [6.45, 7) is 4.14. The van der Waals surface area contributed by atoms with Crippen molar-refractivity contribution in [3.63, 3.8) is 0 Å². The van der Waals surface area contributed by atoms with Crippen LogP contribution in [0.15, 0.2) is 23.4 Å². The van der Waals surface area contributed by atoms with E-state index in [1.807, 2.05) is 18.2 Å². The molecule has 4 aliphatic rings. The normalized spacial score (nSPS) is 29.4. The Morgan fingerprint density at radius 3 is 2.40 bits per heavy atom. The maximum Gasteiger partial charge on any atom is 0.234 e. The molecule has 4 saturated carbocycles. The Labute approximate surface area is 183 Å². The van der Waals surface area contributed by atoms with E-state index in [0.29, 0.717) is 11.2 Å². The van der Waals surface area contributed by atoms with Gasteiger partial charge >= 0.3 is 0 Å². The van der Waals surface area contributed by atoms with E-state index in [2.05, 4.69) is 41.0 Å². The average Bonchev–Trinajstić information content (AvgIpc) is 3.01. The van der Waals surface area contributed by atoms with E-state index in [4.69, 9.17) is 0 Å². The van der Waals surface area contributed by atoms with E-state index in [-0.39, 0.29) is 5.91 Å². The summed E-state index contributed by atoms with van der Waals surface area (Å²) in [5.41, 5.74) is 3.72. The highest BCUT2D eigenvalue weighted by atomic mass is 32.2. The molecule has 1 amide bonds. The number of aryl methyl sites for hydroxylation is 2. The van der Waals surface area contributed by atoms with Crippen LogP contribution in [0.2, 0.25) is 0 Å². The number of rotatable bonds is 6. The van der Waals surface area contributed by atoms with Gasteiger partial charge in [0.2, 0.25) is 5.91 Å². The zero-order chi connectivity index (χ0) is 20.9. The third-order valence-electron chi connectivity index (χ3n) is 7.75. The molecule has 4 bridgehead atoms. The first kappa shape index (κ1) is 20.1. The molecule has 5 nitrogen and oxygen atoms in total. The largest absolute Gasteiger partial charge is 0.325 e. The van der Waals surface area contributed by atoms with Crippen molar-refractivity contribution in [2.45, 2.75) is 63.9 Å². The molecule has 0 atom stereocenters. The lowest BCUT2D eigenvalue weighted by atomic mass is 9.49. The number of carbonyl (C=O) groups is 1. The van der Waals surface area contributed by atoms with Crippen LogP contribution in [0.5, 0.6) is 0 Å². The molecule has 0 radical (unpaired) electrons. The summed E-state index contributed by atoms with van der Waals surface area (Å²) in [6, 6.07) is 6.01. The van der Waals surface area contributed by atoms with Gasteiger partial charge in [-0.1, -0.05) is 17.8 Å². The second kappa shape index (κ2) is 7.70. The lowest BCUT2D eigenvalue weighted by Gasteiger charge is -2.56. The van der Waals surface area contributed by atoms with Gasteiger partial charge in [-0.15, -0.1) is 10.2 Å². The molecule has 6 heteroatoms.